The molecule has 2 amide bonds. The van der Waals surface area contributed by atoms with Gasteiger partial charge in [0.05, 0.1) is 22.2 Å². The lowest BCUT2D eigenvalue weighted by molar-refractivity contribution is -0.485. The number of halogens is 3. The smallest absolute Gasteiger partial charge is 0.365 e. The quantitative estimate of drug-likeness (QED) is 0.0705. The Morgan fingerprint density at radius 1 is 1.05 bits per heavy atom. The molecule has 1 aliphatic heterocycles. The fourth-order valence-corrected chi connectivity index (χ4v) is 4.80. The number of aromatic nitrogens is 2. The first-order chi connectivity index (χ1) is 18.6. The van der Waals surface area contributed by atoms with Crippen LogP contribution in [0.5, 0.6) is 0 Å². The van der Waals surface area contributed by atoms with Gasteiger partial charge in [-0.1, -0.05) is 30.3 Å². The van der Waals surface area contributed by atoms with E-state index in [1.807, 2.05) is 0 Å². The number of carbonyl (C=O) groups is 2. The molecule has 0 bridgehead atoms. The van der Waals surface area contributed by atoms with Crippen LogP contribution in [0.15, 0.2) is 60.0 Å². The molecule has 39 heavy (non-hydrogen) atoms. The van der Waals surface area contributed by atoms with Crippen molar-refractivity contribution in [1.29, 1.82) is 0 Å². The lowest BCUT2D eigenvalue weighted by Crippen LogP contribution is -2.33. The number of aromatic amines is 1. The Morgan fingerprint density at radius 3 is 2.46 bits per heavy atom. The van der Waals surface area contributed by atoms with E-state index in [-0.39, 0.29) is 47.1 Å². The number of alkyl halides is 3. The van der Waals surface area contributed by atoms with E-state index < -0.39 is 34.5 Å². The van der Waals surface area contributed by atoms with Crippen molar-refractivity contribution in [2.45, 2.75) is 19.1 Å². The number of nitrogens with two attached hydrogens (primary N) is 1. The molecule has 5 rings (SSSR count). The number of para-hydroxylation sites is 2. The van der Waals surface area contributed by atoms with Crippen LogP contribution in [0.25, 0.3) is 33.0 Å². The van der Waals surface area contributed by atoms with Gasteiger partial charge in [-0.15, -0.1) is 0 Å². The number of H-pyrrole nitrogens is 1. The number of nitro groups is 1. The summed E-state index contributed by atoms with van der Waals surface area (Å²) >= 11 is 0. The highest BCUT2D eigenvalue weighted by Crippen LogP contribution is 2.42. The van der Waals surface area contributed by atoms with E-state index in [1.165, 1.54) is 22.9 Å². The maximum atomic E-state index is 14.0. The van der Waals surface area contributed by atoms with Gasteiger partial charge >= 0.3 is 6.18 Å². The van der Waals surface area contributed by atoms with Gasteiger partial charge in [0.1, 0.15) is 5.10 Å². The van der Waals surface area contributed by atoms with Crippen LogP contribution < -0.4 is 16.4 Å². The van der Waals surface area contributed by atoms with Crippen molar-refractivity contribution in [3.05, 3.63) is 81.7 Å². The summed E-state index contributed by atoms with van der Waals surface area (Å²) in [5, 5.41) is 18.0. The molecule has 0 saturated carbocycles. The molecular weight excluding hydrogens is 519 g/mol. The van der Waals surface area contributed by atoms with Crippen molar-refractivity contribution >= 4 is 50.7 Å². The van der Waals surface area contributed by atoms with Crippen LogP contribution in [0.4, 0.5) is 13.2 Å². The van der Waals surface area contributed by atoms with E-state index in [0.717, 1.165) is 11.6 Å². The molecule has 3 heterocycles. The number of aryl methyl sites for hydroxylation is 1. The largest absolute Gasteiger partial charge is 0.418 e. The van der Waals surface area contributed by atoms with Gasteiger partial charge in [0, 0.05) is 52.9 Å². The second-order valence-electron chi connectivity index (χ2n) is 8.72. The Hall–Kier alpha value is -5.14. The zero-order valence-corrected chi connectivity index (χ0v) is 20.0. The van der Waals surface area contributed by atoms with Gasteiger partial charge in [-0.2, -0.15) is 13.2 Å². The van der Waals surface area contributed by atoms with Crippen LogP contribution in [-0.2, 0) is 22.3 Å². The molecule has 4 aromatic rings. The Kier molecular flexibility index (Phi) is 6.30. The van der Waals surface area contributed by atoms with Gasteiger partial charge in [0.25, 0.3) is 17.8 Å². The molecule has 0 atom stereocenters. The standard InChI is InChI=1S/C25H20F3N7O4/c26-25(27,28)17-7-3-6-14-16(12-34(21(14)17)10-4-9-30-24(29)33-35(38)39)20-19(22(36)32-23(20)37)15-11-31-18-8-2-1-5-13(15)18/h1-3,5-8,11-12,31H,4,9-10H2,(H3,29,30,33)(H,32,36,37). The first kappa shape index (κ1) is 25.5. The number of hydrazone groups is 1. The number of rotatable bonds is 7. The molecule has 0 saturated heterocycles. The fraction of sp³-hybridized carbons (Fsp3) is 0.160. The SMILES string of the molecule is NC(=N[N+](=O)[O-])NCCCn1cc(C2=C(c3c[nH]c4ccccc34)C(=O)NC2=O)c2cccc(C(F)(F)F)c21. The summed E-state index contributed by atoms with van der Waals surface area (Å²) in [6.45, 7) is 0.113. The van der Waals surface area contributed by atoms with Gasteiger partial charge in [0.2, 0.25) is 0 Å². The molecule has 0 aliphatic carbocycles. The lowest BCUT2D eigenvalue weighted by atomic mass is 9.95. The zero-order chi connectivity index (χ0) is 27.9. The number of nitrogens with one attached hydrogen (secondary N) is 3. The van der Waals surface area contributed by atoms with E-state index in [2.05, 4.69) is 20.7 Å². The molecule has 0 unspecified atom stereocenters. The average molecular weight is 539 g/mol. The number of amides is 2. The van der Waals surface area contributed by atoms with Crippen molar-refractivity contribution in [2.75, 3.05) is 6.54 Å². The number of guanidine groups is 1. The molecular formula is C25H20F3N7O4. The highest BCUT2D eigenvalue weighted by molar-refractivity contribution is 6.50. The van der Waals surface area contributed by atoms with Crippen LogP contribution in [0.2, 0.25) is 0 Å². The van der Waals surface area contributed by atoms with Crippen LogP contribution in [-0.4, -0.2) is 38.9 Å². The third-order valence-corrected chi connectivity index (χ3v) is 6.33. The number of imide groups is 1. The number of fused-ring (bicyclic) bond motifs is 2. The van der Waals surface area contributed by atoms with Crippen molar-refractivity contribution in [2.24, 2.45) is 10.8 Å². The summed E-state index contributed by atoms with van der Waals surface area (Å²) in [5.41, 5.74) is 5.69. The van der Waals surface area contributed by atoms with E-state index in [4.69, 9.17) is 5.73 Å². The minimum absolute atomic E-state index is 0.0340. The molecule has 14 heteroatoms. The van der Waals surface area contributed by atoms with E-state index in [1.54, 1.807) is 30.5 Å². The molecule has 200 valence electrons. The number of benzene rings is 2. The third kappa shape index (κ3) is 4.67. The molecule has 0 spiro atoms. The van der Waals surface area contributed by atoms with Gasteiger partial charge in [-0.3, -0.25) is 14.9 Å². The summed E-state index contributed by atoms with van der Waals surface area (Å²) in [4.78, 5) is 39.5. The second-order valence-corrected chi connectivity index (χ2v) is 8.72. The van der Waals surface area contributed by atoms with Gasteiger partial charge in [-0.25, -0.2) is 10.1 Å². The number of nitrogens with zero attached hydrogens (tertiary/aromatic N) is 3. The summed E-state index contributed by atoms with van der Waals surface area (Å²) in [6.07, 6.45) is -1.49. The van der Waals surface area contributed by atoms with Crippen LogP contribution >= 0.6 is 0 Å². The number of hydrogen-bond donors (Lipinski definition) is 4. The lowest BCUT2D eigenvalue weighted by Gasteiger charge is -2.12. The molecule has 5 N–H and O–H groups in total. The van der Waals surface area contributed by atoms with Crippen molar-refractivity contribution in [3.8, 4) is 0 Å². The van der Waals surface area contributed by atoms with Crippen LogP contribution in [0, 0.1) is 10.1 Å². The highest BCUT2D eigenvalue weighted by atomic mass is 19.4. The van der Waals surface area contributed by atoms with Gasteiger partial charge in [0.15, 0.2) is 5.03 Å². The molecule has 0 radical (unpaired) electrons. The van der Waals surface area contributed by atoms with Crippen molar-refractivity contribution < 1.29 is 27.8 Å². The first-order valence-corrected chi connectivity index (χ1v) is 11.6. The average Bonchev–Trinajstić information content (AvgIpc) is 3.53. The van der Waals surface area contributed by atoms with E-state index in [0.29, 0.717) is 10.9 Å². The first-order valence-electron chi connectivity index (χ1n) is 11.6. The zero-order valence-electron chi connectivity index (χ0n) is 20.0. The summed E-state index contributed by atoms with van der Waals surface area (Å²) in [5.74, 6) is -1.82. The topological polar surface area (TPSA) is 160 Å². The molecule has 1 aliphatic rings. The Labute approximate surface area is 217 Å². The molecule has 11 nitrogen and oxygen atoms in total. The summed E-state index contributed by atoms with van der Waals surface area (Å²) < 4.78 is 43.5. The van der Waals surface area contributed by atoms with Crippen molar-refractivity contribution in [3.63, 3.8) is 0 Å². The summed E-state index contributed by atoms with van der Waals surface area (Å²) in [7, 11) is 0. The molecule has 2 aromatic heterocycles. The third-order valence-electron chi connectivity index (χ3n) is 6.33. The number of hydrogen-bond acceptors (Lipinski definition) is 4. The Balaban J connectivity index is 1.64. The Morgan fingerprint density at radius 2 is 1.74 bits per heavy atom. The maximum Gasteiger partial charge on any atom is 0.418 e. The predicted octanol–water partition coefficient (Wildman–Crippen LogP) is 3.19. The maximum absolute atomic E-state index is 14.0. The van der Waals surface area contributed by atoms with Gasteiger partial charge < -0.3 is 20.6 Å². The Bertz CT molecular complexity index is 1720. The molecule has 2 aromatic carbocycles. The fourth-order valence-electron chi connectivity index (χ4n) is 4.80. The van der Waals surface area contributed by atoms with Crippen LogP contribution in [0.1, 0.15) is 23.1 Å². The van der Waals surface area contributed by atoms with Gasteiger partial charge in [-0.05, 0) is 18.6 Å². The van der Waals surface area contributed by atoms with Crippen LogP contribution in [0.3, 0.4) is 0 Å². The minimum atomic E-state index is -4.70. The predicted molar refractivity (Wildman–Crippen MR) is 136 cm³/mol. The second kappa shape index (κ2) is 9.63. The number of carbonyl (C=O) groups excluding carboxylic acids is 2. The molecule has 0 fully saturated rings. The minimum Gasteiger partial charge on any atom is -0.365 e. The van der Waals surface area contributed by atoms with E-state index >= 15 is 0 Å². The van der Waals surface area contributed by atoms with E-state index in [9.17, 15) is 32.9 Å². The monoisotopic (exact) mass is 539 g/mol. The van der Waals surface area contributed by atoms with Crippen molar-refractivity contribution in [1.82, 2.24) is 20.2 Å². The normalized spacial score (nSPS) is 14.5. The highest BCUT2D eigenvalue weighted by Gasteiger charge is 2.38. The summed E-state index contributed by atoms with van der Waals surface area (Å²) in [6, 6.07) is 10.8.